The van der Waals surface area contributed by atoms with Crippen molar-refractivity contribution in [3.05, 3.63) is 59.7 Å². The molecule has 1 saturated heterocycles. The van der Waals surface area contributed by atoms with E-state index in [4.69, 9.17) is 0 Å². The molecule has 0 atom stereocenters. The molecule has 4 rings (SSSR count). The number of nitrogens with zero attached hydrogens (tertiary/aromatic N) is 1. The van der Waals surface area contributed by atoms with E-state index >= 15 is 0 Å². The molecule has 1 nitrogen and oxygen atoms in total. The first kappa shape index (κ1) is 27.7. The zero-order valence-electron chi connectivity index (χ0n) is 22.5. The van der Waals surface area contributed by atoms with Crippen LogP contribution in [0.15, 0.2) is 48.5 Å². The number of rotatable bonds is 11. The highest BCUT2D eigenvalue weighted by Gasteiger charge is 2.35. The summed E-state index contributed by atoms with van der Waals surface area (Å²) in [6, 6.07) is 21.3. The van der Waals surface area contributed by atoms with Gasteiger partial charge in [-0.3, -0.25) is 0 Å². The van der Waals surface area contributed by atoms with E-state index in [-0.39, 0.29) is 5.41 Å². The van der Waals surface area contributed by atoms with Crippen molar-refractivity contribution in [2.45, 2.75) is 101 Å². The van der Waals surface area contributed by atoms with Gasteiger partial charge in [-0.05, 0) is 84.1 Å². The number of hydrogen-bond acceptors (Lipinski definition) is 3. The average molecular weight is 520 g/mol. The molecule has 1 saturated carbocycles. The Labute approximate surface area is 229 Å². The fraction of sp³-hybridized carbons (Fsp3) is 0.606. The lowest BCUT2D eigenvalue weighted by molar-refractivity contribution is 0.228. The first-order valence-corrected chi connectivity index (χ1v) is 16.6. The van der Waals surface area contributed by atoms with Gasteiger partial charge in [0.1, 0.15) is 0 Å². The molecular formula is C33H45NS2. The van der Waals surface area contributed by atoms with Gasteiger partial charge in [0.05, 0.1) is 16.1 Å². The number of unbranched alkanes of at least 4 members (excludes halogenated alkanes) is 4. The molecule has 1 heterocycles. The van der Waals surface area contributed by atoms with Crippen molar-refractivity contribution in [3.8, 4) is 17.2 Å². The van der Waals surface area contributed by atoms with Crippen LogP contribution >= 0.6 is 23.5 Å². The molecule has 0 bridgehead atoms. The number of nitriles is 1. The summed E-state index contributed by atoms with van der Waals surface area (Å²) in [5.74, 6) is 4.16. The third-order valence-corrected chi connectivity index (χ3v) is 11.8. The van der Waals surface area contributed by atoms with Crippen molar-refractivity contribution >= 4 is 23.5 Å². The molecule has 0 spiro atoms. The monoisotopic (exact) mass is 519 g/mol. The lowest BCUT2D eigenvalue weighted by Crippen LogP contribution is -2.25. The number of benzene rings is 2. The molecule has 0 N–H and O–H groups in total. The molecule has 1 aliphatic heterocycles. The van der Waals surface area contributed by atoms with Crippen molar-refractivity contribution < 1.29 is 0 Å². The summed E-state index contributed by atoms with van der Waals surface area (Å²) in [5, 5.41) is 9.71. The lowest BCUT2D eigenvalue weighted by atomic mass is 9.68. The SMILES string of the molecule is CCCCCCCC1CSC(c2ccc(-c3ccc(C4CCC(C#N)(CCC)CC4)cc3)cc2)SC1. The van der Waals surface area contributed by atoms with Crippen molar-refractivity contribution in [2.24, 2.45) is 11.3 Å². The van der Waals surface area contributed by atoms with Crippen LogP contribution in [0.25, 0.3) is 11.1 Å². The van der Waals surface area contributed by atoms with Crippen LogP contribution in [0.5, 0.6) is 0 Å². The van der Waals surface area contributed by atoms with Gasteiger partial charge >= 0.3 is 0 Å². The highest BCUT2D eigenvalue weighted by atomic mass is 32.2. The van der Waals surface area contributed by atoms with Crippen molar-refractivity contribution in [1.29, 1.82) is 5.26 Å². The Hall–Kier alpha value is -1.37. The molecule has 0 unspecified atom stereocenters. The maximum Gasteiger partial charge on any atom is 0.0751 e. The van der Waals surface area contributed by atoms with Crippen molar-refractivity contribution in [2.75, 3.05) is 11.5 Å². The quantitative estimate of drug-likeness (QED) is 0.276. The summed E-state index contributed by atoms with van der Waals surface area (Å²) >= 11 is 4.32. The summed E-state index contributed by atoms with van der Waals surface area (Å²) in [5.41, 5.74) is 5.49. The van der Waals surface area contributed by atoms with Gasteiger partial charge in [-0.15, -0.1) is 23.5 Å². The second kappa shape index (κ2) is 14.0. The summed E-state index contributed by atoms with van der Waals surface area (Å²) in [7, 11) is 0. The first-order valence-electron chi connectivity index (χ1n) is 14.5. The topological polar surface area (TPSA) is 23.8 Å². The average Bonchev–Trinajstić information content (AvgIpc) is 2.94. The van der Waals surface area contributed by atoms with Gasteiger partial charge in [-0.25, -0.2) is 0 Å². The van der Waals surface area contributed by atoms with Crippen LogP contribution in [-0.2, 0) is 0 Å². The molecule has 0 aromatic heterocycles. The Morgan fingerprint density at radius 1 is 0.778 bits per heavy atom. The van der Waals surface area contributed by atoms with Gasteiger partial charge in [0.2, 0.25) is 0 Å². The Kier molecular flexibility index (Phi) is 10.7. The van der Waals surface area contributed by atoms with Gasteiger partial charge in [0.25, 0.3) is 0 Å². The summed E-state index contributed by atoms with van der Waals surface area (Å²) in [6.07, 6.45) is 15.0. The van der Waals surface area contributed by atoms with E-state index in [1.165, 1.54) is 72.3 Å². The van der Waals surface area contributed by atoms with Gasteiger partial charge in [-0.1, -0.05) is 101 Å². The minimum Gasteiger partial charge on any atom is -0.198 e. The van der Waals surface area contributed by atoms with Crippen molar-refractivity contribution in [1.82, 2.24) is 0 Å². The van der Waals surface area contributed by atoms with E-state index in [0.29, 0.717) is 10.5 Å². The summed E-state index contributed by atoms with van der Waals surface area (Å²) in [6.45, 7) is 4.50. The number of thioether (sulfide) groups is 2. The van der Waals surface area contributed by atoms with Crippen LogP contribution in [-0.4, -0.2) is 11.5 Å². The molecule has 2 fully saturated rings. The molecule has 36 heavy (non-hydrogen) atoms. The molecule has 0 amide bonds. The second-order valence-corrected chi connectivity index (χ2v) is 13.8. The Bertz CT molecular complexity index is 943. The third kappa shape index (κ3) is 7.35. The predicted molar refractivity (Wildman–Crippen MR) is 161 cm³/mol. The van der Waals surface area contributed by atoms with E-state index in [1.54, 1.807) is 0 Å². The zero-order valence-corrected chi connectivity index (χ0v) is 24.1. The van der Waals surface area contributed by atoms with Crippen LogP contribution in [0.3, 0.4) is 0 Å². The van der Waals surface area contributed by atoms with Gasteiger partial charge in [0, 0.05) is 0 Å². The Morgan fingerprint density at radius 3 is 1.92 bits per heavy atom. The Balaban J connectivity index is 1.26. The van der Waals surface area contributed by atoms with Crippen LogP contribution < -0.4 is 0 Å². The highest BCUT2D eigenvalue weighted by molar-refractivity contribution is 8.16. The largest absolute Gasteiger partial charge is 0.198 e. The van der Waals surface area contributed by atoms with Gasteiger partial charge in [0.15, 0.2) is 0 Å². The fourth-order valence-electron chi connectivity index (χ4n) is 6.12. The minimum atomic E-state index is -0.0585. The van der Waals surface area contributed by atoms with Crippen LogP contribution in [0.4, 0.5) is 0 Å². The highest BCUT2D eigenvalue weighted by Crippen LogP contribution is 2.47. The zero-order chi connectivity index (χ0) is 25.2. The van der Waals surface area contributed by atoms with E-state index in [0.717, 1.165) is 44.4 Å². The Morgan fingerprint density at radius 2 is 1.36 bits per heavy atom. The van der Waals surface area contributed by atoms with Crippen LogP contribution in [0, 0.1) is 22.7 Å². The second-order valence-electron chi connectivity index (χ2n) is 11.2. The molecule has 0 radical (unpaired) electrons. The standard InChI is InChI=1S/C33H45NS2/c1-3-5-6-7-8-9-26-23-35-32(36-24-26)31-16-14-28(15-17-31)27-10-12-29(13-11-27)30-18-21-33(25-34,20-4-2)22-19-30/h10-17,26,30,32H,3-9,18-24H2,1-2H3. The molecule has 2 aliphatic rings. The fourth-order valence-corrected chi connectivity index (χ4v) is 9.29. The molecule has 2 aromatic rings. The predicted octanol–water partition coefficient (Wildman–Crippen LogP) is 10.8. The van der Waals surface area contributed by atoms with E-state index in [1.807, 2.05) is 0 Å². The van der Waals surface area contributed by atoms with Crippen molar-refractivity contribution in [3.63, 3.8) is 0 Å². The van der Waals surface area contributed by atoms with E-state index < -0.39 is 0 Å². The lowest BCUT2D eigenvalue weighted by Gasteiger charge is -2.35. The molecule has 3 heteroatoms. The van der Waals surface area contributed by atoms with Gasteiger partial charge < -0.3 is 0 Å². The smallest absolute Gasteiger partial charge is 0.0751 e. The van der Waals surface area contributed by atoms with Crippen LogP contribution in [0.2, 0.25) is 0 Å². The maximum absolute atomic E-state index is 9.71. The summed E-state index contributed by atoms with van der Waals surface area (Å²) < 4.78 is 0.595. The molecule has 1 aliphatic carbocycles. The maximum atomic E-state index is 9.71. The first-order chi connectivity index (χ1) is 17.7. The normalized spacial score (nSPS) is 26.4. The van der Waals surface area contributed by atoms with Crippen LogP contribution in [0.1, 0.15) is 113 Å². The summed E-state index contributed by atoms with van der Waals surface area (Å²) in [4.78, 5) is 0. The minimum absolute atomic E-state index is 0.0585. The van der Waals surface area contributed by atoms with Gasteiger partial charge in [-0.2, -0.15) is 5.26 Å². The van der Waals surface area contributed by atoms with E-state index in [9.17, 15) is 5.26 Å². The third-order valence-electron chi connectivity index (χ3n) is 8.49. The molecule has 2 aromatic carbocycles. The van der Waals surface area contributed by atoms with E-state index in [2.05, 4.69) is 92.0 Å². The number of hydrogen-bond donors (Lipinski definition) is 0. The molecular weight excluding hydrogens is 475 g/mol. The molecule has 194 valence electrons.